The lowest BCUT2D eigenvalue weighted by Gasteiger charge is -2.26. The average Bonchev–Trinajstić information content (AvgIpc) is 2.85. The number of hydrogen-bond acceptors (Lipinski definition) is 8. The van der Waals surface area contributed by atoms with Gasteiger partial charge in [-0.05, 0) is 18.2 Å². The molecule has 0 amide bonds. The number of para-hydroxylation sites is 1. The number of hydrogen-bond donors (Lipinski definition) is 3. The van der Waals surface area contributed by atoms with E-state index in [4.69, 9.17) is 9.72 Å². The molecule has 1 aliphatic heterocycles. The van der Waals surface area contributed by atoms with Crippen LogP contribution in [0.1, 0.15) is 10.4 Å². The van der Waals surface area contributed by atoms with Gasteiger partial charge in [0.05, 0.1) is 24.1 Å². The van der Waals surface area contributed by atoms with E-state index in [-0.39, 0.29) is 5.56 Å². The molecule has 0 spiro atoms. The number of aromatic nitrogens is 3. The van der Waals surface area contributed by atoms with Crippen LogP contribution in [-0.2, 0) is 4.74 Å². The summed E-state index contributed by atoms with van der Waals surface area (Å²) in [7, 11) is 0. The van der Waals surface area contributed by atoms with Gasteiger partial charge >= 0.3 is 5.97 Å². The lowest BCUT2D eigenvalue weighted by atomic mass is 10.1. The number of carboxylic acid groups (broad SMARTS) is 1. The van der Waals surface area contributed by atoms with Crippen molar-refractivity contribution in [3.63, 3.8) is 0 Å². The van der Waals surface area contributed by atoms with Crippen molar-refractivity contribution in [3.05, 3.63) is 60.3 Å². The van der Waals surface area contributed by atoms with Crippen LogP contribution in [0.15, 0.2) is 42.6 Å². The number of carboxylic acids is 1. The number of benzene rings is 1. The Morgan fingerprint density at radius 2 is 1.97 bits per heavy atom. The Morgan fingerprint density at radius 3 is 2.76 bits per heavy atom. The topological polar surface area (TPSA) is 112 Å². The van der Waals surface area contributed by atoms with Crippen LogP contribution in [0.5, 0.6) is 0 Å². The molecule has 2 aromatic carbocycles. The normalized spacial score (nSPS) is 14.2. The number of carbonyl (C=O) groups is 1. The average molecular weight is 442 g/mol. The monoisotopic (exact) mass is 442 g/mol. The molecule has 3 N–H and O–H groups in total. The molecule has 9 heteroatoms. The fraction of sp³-hybridized carbons (Fsp3) is 0.250. The van der Waals surface area contributed by atoms with Crippen LogP contribution in [0.2, 0.25) is 0 Å². The Labute approximate surface area is 190 Å². The minimum absolute atomic E-state index is 0.00216. The molecule has 0 saturated carbocycles. The van der Waals surface area contributed by atoms with Crippen LogP contribution >= 0.6 is 0 Å². The van der Waals surface area contributed by atoms with Gasteiger partial charge in [-0.2, -0.15) is 0 Å². The second-order valence-corrected chi connectivity index (χ2v) is 7.66. The quantitative estimate of drug-likeness (QED) is 0.398. The van der Waals surface area contributed by atoms with E-state index in [9.17, 15) is 9.90 Å². The predicted molar refractivity (Wildman–Crippen MR) is 125 cm³/mol. The summed E-state index contributed by atoms with van der Waals surface area (Å²) in [6.07, 6.45) is 1.71. The van der Waals surface area contributed by atoms with Gasteiger partial charge in [-0.25, -0.2) is 19.7 Å². The summed E-state index contributed by atoms with van der Waals surface area (Å²) in [5, 5.41) is 17.3. The maximum absolute atomic E-state index is 11.4. The number of morpholine rings is 1. The minimum Gasteiger partial charge on any atom is -0.477 e. The maximum atomic E-state index is 11.4. The summed E-state index contributed by atoms with van der Waals surface area (Å²) < 4.78 is 5.39. The Bertz CT molecular complexity index is 1290. The van der Waals surface area contributed by atoms with Crippen LogP contribution in [-0.4, -0.2) is 70.3 Å². The fourth-order valence-electron chi connectivity index (χ4n) is 3.75. The Kier molecular flexibility index (Phi) is 5.85. The van der Waals surface area contributed by atoms with Gasteiger partial charge in [0.25, 0.3) is 0 Å². The van der Waals surface area contributed by atoms with E-state index in [0.29, 0.717) is 40.1 Å². The molecule has 9 nitrogen and oxygen atoms in total. The number of nitrogens with zero attached hydrogens (tertiary/aromatic N) is 4. The molecule has 166 valence electrons. The van der Waals surface area contributed by atoms with Crippen molar-refractivity contribution >= 4 is 45.2 Å². The largest absolute Gasteiger partial charge is 0.477 e. The number of fused-ring (bicyclic) bond motifs is 3. The first-order valence-electron chi connectivity index (χ1n) is 10.7. The summed E-state index contributed by atoms with van der Waals surface area (Å²) in [6.45, 7) is 4.94. The fourth-order valence-corrected chi connectivity index (χ4v) is 3.75. The molecule has 0 unspecified atom stereocenters. The highest BCUT2D eigenvalue weighted by Gasteiger charge is 2.15. The molecule has 4 aromatic rings. The maximum Gasteiger partial charge on any atom is 0.344 e. The highest BCUT2D eigenvalue weighted by atomic mass is 16.5. The van der Waals surface area contributed by atoms with Gasteiger partial charge in [0.2, 0.25) is 5.95 Å². The van der Waals surface area contributed by atoms with Gasteiger partial charge in [0.15, 0.2) is 5.82 Å². The van der Waals surface area contributed by atoms with E-state index < -0.39 is 5.97 Å². The third-order valence-corrected chi connectivity index (χ3v) is 5.46. The van der Waals surface area contributed by atoms with Crippen LogP contribution in [0.25, 0.3) is 21.8 Å². The van der Waals surface area contributed by atoms with Gasteiger partial charge < -0.3 is 20.5 Å². The standard InChI is InChI=1S/C24H22N6O3/c31-23(32)16-6-7-18-19-15-26-24(25-8-9-30-10-12-33-13-11-30)29-21(19)22(28-20(18)14-16)27-17-4-2-1-3-5-17/h1-5,14-15H,8-13H2,(H,27,28)(H,31,32)(H,25,26,29). The zero-order chi connectivity index (χ0) is 22.6. The van der Waals surface area contributed by atoms with E-state index in [1.54, 1.807) is 6.20 Å². The third kappa shape index (κ3) is 4.62. The highest BCUT2D eigenvalue weighted by molar-refractivity contribution is 6.09. The zero-order valence-corrected chi connectivity index (χ0v) is 17.8. The van der Waals surface area contributed by atoms with Crippen molar-refractivity contribution in [1.82, 2.24) is 19.9 Å². The van der Waals surface area contributed by atoms with Gasteiger partial charge in [-0.1, -0.05) is 30.3 Å². The SMILES string of the molecule is O=C(O)c1c#cc2c(c1)nc(Nc1ccccc1)c1nc(NCCN3CCOCC3)ncc12. The summed E-state index contributed by atoms with van der Waals surface area (Å²) in [5.74, 6) is -0.0684. The molecule has 0 atom stereocenters. The first-order chi connectivity index (χ1) is 16.2. The number of ether oxygens (including phenoxy) is 1. The van der Waals surface area contributed by atoms with Crippen molar-refractivity contribution in [2.75, 3.05) is 50.0 Å². The number of rotatable bonds is 7. The molecule has 0 radical (unpaired) electrons. The van der Waals surface area contributed by atoms with Crippen LogP contribution in [0, 0.1) is 12.1 Å². The summed E-state index contributed by atoms with van der Waals surface area (Å²) in [4.78, 5) is 27.6. The number of pyridine rings is 1. The van der Waals surface area contributed by atoms with Gasteiger partial charge in [-0.3, -0.25) is 4.90 Å². The second-order valence-electron chi connectivity index (χ2n) is 7.66. The van der Waals surface area contributed by atoms with Crippen molar-refractivity contribution in [2.24, 2.45) is 0 Å². The van der Waals surface area contributed by atoms with Gasteiger partial charge in [-0.15, -0.1) is 0 Å². The molecule has 2 aromatic heterocycles. The van der Waals surface area contributed by atoms with Crippen molar-refractivity contribution in [2.45, 2.75) is 0 Å². The van der Waals surface area contributed by atoms with Crippen molar-refractivity contribution < 1.29 is 14.6 Å². The molecule has 5 rings (SSSR count). The van der Waals surface area contributed by atoms with Crippen molar-refractivity contribution in [1.29, 1.82) is 0 Å². The van der Waals surface area contributed by atoms with Crippen molar-refractivity contribution in [3.8, 4) is 0 Å². The number of aromatic carboxylic acids is 1. The second kappa shape index (κ2) is 9.24. The lowest BCUT2D eigenvalue weighted by Crippen LogP contribution is -2.39. The van der Waals surface area contributed by atoms with E-state index in [1.165, 1.54) is 6.07 Å². The van der Waals surface area contributed by atoms with Crippen LogP contribution < -0.4 is 10.6 Å². The lowest BCUT2D eigenvalue weighted by molar-refractivity contribution is 0.0398. The molecule has 0 aliphatic carbocycles. The molecule has 1 saturated heterocycles. The molecular formula is C24H22N6O3. The highest BCUT2D eigenvalue weighted by Crippen LogP contribution is 2.29. The first-order valence-corrected chi connectivity index (χ1v) is 10.7. The molecule has 3 heterocycles. The first kappa shape index (κ1) is 20.9. The van der Waals surface area contributed by atoms with Crippen LogP contribution in [0.4, 0.5) is 17.5 Å². The summed E-state index contributed by atoms with van der Waals surface area (Å²) in [5.41, 5.74) is 1.94. The van der Waals surface area contributed by atoms with E-state index in [1.807, 2.05) is 30.3 Å². The van der Waals surface area contributed by atoms with E-state index in [0.717, 1.165) is 38.5 Å². The number of anilines is 3. The van der Waals surface area contributed by atoms with Crippen LogP contribution in [0.3, 0.4) is 0 Å². The Morgan fingerprint density at radius 1 is 1.15 bits per heavy atom. The zero-order valence-electron chi connectivity index (χ0n) is 17.8. The Balaban J connectivity index is 1.50. The molecule has 33 heavy (non-hydrogen) atoms. The molecule has 0 bridgehead atoms. The van der Waals surface area contributed by atoms with Gasteiger partial charge in [0, 0.05) is 43.4 Å². The Hall–Kier alpha value is -4.00. The predicted octanol–water partition coefficient (Wildman–Crippen LogP) is 2.96. The minimum atomic E-state index is -1.08. The summed E-state index contributed by atoms with van der Waals surface area (Å²) >= 11 is 0. The van der Waals surface area contributed by atoms with E-state index >= 15 is 0 Å². The molecule has 1 aliphatic rings. The van der Waals surface area contributed by atoms with Gasteiger partial charge in [0.1, 0.15) is 11.1 Å². The summed E-state index contributed by atoms with van der Waals surface area (Å²) in [6, 6.07) is 16.7. The smallest absolute Gasteiger partial charge is 0.344 e. The number of nitrogens with one attached hydrogen (secondary N) is 2. The van der Waals surface area contributed by atoms with E-state index in [2.05, 4.69) is 37.6 Å². The molecule has 1 fully saturated rings. The third-order valence-electron chi connectivity index (χ3n) is 5.46. The molecular weight excluding hydrogens is 420 g/mol.